The number of fused-ring (bicyclic) bond motifs is 2. The van der Waals surface area contributed by atoms with Gasteiger partial charge in [-0.3, -0.25) is 14.4 Å². The van der Waals surface area contributed by atoms with Crippen LogP contribution in [0.4, 0.5) is 5.69 Å². The number of hydrogen-bond donors (Lipinski definition) is 1. The number of nitrogens with one attached hydrogen (secondary N) is 1. The monoisotopic (exact) mass is 393 g/mol. The van der Waals surface area contributed by atoms with Gasteiger partial charge in [-0.1, -0.05) is 24.3 Å². The first-order valence-corrected chi connectivity index (χ1v) is 9.69. The summed E-state index contributed by atoms with van der Waals surface area (Å²) in [7, 11) is 1.60. The van der Waals surface area contributed by atoms with Gasteiger partial charge in [0.25, 0.3) is 5.91 Å². The van der Waals surface area contributed by atoms with Gasteiger partial charge in [0.15, 0.2) is 0 Å². The summed E-state index contributed by atoms with van der Waals surface area (Å²) in [6.45, 7) is 0.797. The van der Waals surface area contributed by atoms with E-state index < -0.39 is 6.04 Å². The van der Waals surface area contributed by atoms with Crippen molar-refractivity contribution in [1.82, 2.24) is 10.2 Å². The van der Waals surface area contributed by atoms with Gasteiger partial charge in [0, 0.05) is 13.1 Å². The molecule has 7 heteroatoms. The largest absolute Gasteiger partial charge is 0.497 e. The second kappa shape index (κ2) is 7.95. The summed E-state index contributed by atoms with van der Waals surface area (Å²) in [5, 5.41) is 2.85. The number of carbonyl (C=O) groups is 3. The number of methoxy groups -OCH3 is 1. The van der Waals surface area contributed by atoms with E-state index >= 15 is 0 Å². The molecule has 1 N–H and O–H groups in total. The molecule has 1 saturated heterocycles. The molecule has 29 heavy (non-hydrogen) atoms. The number of ether oxygens (including phenoxy) is 1. The molecule has 1 fully saturated rings. The Labute approximate surface area is 169 Å². The molecular formula is C22H23N3O4. The zero-order valence-electron chi connectivity index (χ0n) is 16.3. The van der Waals surface area contributed by atoms with Crippen LogP contribution in [0.3, 0.4) is 0 Å². The van der Waals surface area contributed by atoms with E-state index in [1.165, 1.54) is 4.90 Å². The standard InChI is InChI=1S/C22H23N3O4/c1-29-16-10-8-15(9-11-16)13-23-20(26)14-25-18-6-3-2-5-17(18)21(27)24-12-4-7-19(24)22(25)28/h2-3,5-6,8-11,19H,4,7,12-14H2,1H3,(H,23,26). The number of anilines is 1. The molecule has 4 rings (SSSR count). The minimum Gasteiger partial charge on any atom is -0.497 e. The third-order valence-electron chi connectivity index (χ3n) is 5.44. The van der Waals surface area contributed by atoms with E-state index in [-0.39, 0.29) is 24.3 Å². The van der Waals surface area contributed by atoms with Crippen molar-refractivity contribution in [3.8, 4) is 5.75 Å². The normalized spacial score (nSPS) is 18.2. The van der Waals surface area contributed by atoms with Crippen molar-refractivity contribution in [3.63, 3.8) is 0 Å². The molecule has 2 aromatic rings. The van der Waals surface area contributed by atoms with Gasteiger partial charge in [-0.2, -0.15) is 0 Å². The molecule has 3 amide bonds. The average molecular weight is 393 g/mol. The van der Waals surface area contributed by atoms with Crippen molar-refractivity contribution in [2.24, 2.45) is 0 Å². The van der Waals surface area contributed by atoms with Crippen molar-refractivity contribution in [2.45, 2.75) is 25.4 Å². The molecule has 0 bridgehead atoms. The minimum absolute atomic E-state index is 0.121. The molecule has 0 aromatic heterocycles. The second-order valence-electron chi connectivity index (χ2n) is 7.22. The Hall–Kier alpha value is -3.35. The first-order valence-electron chi connectivity index (χ1n) is 9.69. The number of para-hydroxylation sites is 1. The van der Waals surface area contributed by atoms with Crippen LogP contribution in [0.15, 0.2) is 48.5 Å². The Morgan fingerprint density at radius 3 is 2.66 bits per heavy atom. The van der Waals surface area contributed by atoms with Crippen LogP contribution >= 0.6 is 0 Å². The van der Waals surface area contributed by atoms with Gasteiger partial charge in [-0.05, 0) is 42.7 Å². The van der Waals surface area contributed by atoms with E-state index in [9.17, 15) is 14.4 Å². The van der Waals surface area contributed by atoms with Crippen LogP contribution in [0.2, 0.25) is 0 Å². The SMILES string of the molecule is COc1ccc(CNC(=O)CN2C(=O)C3CCCN3C(=O)c3ccccc32)cc1. The van der Waals surface area contributed by atoms with Gasteiger partial charge >= 0.3 is 0 Å². The van der Waals surface area contributed by atoms with E-state index in [4.69, 9.17) is 4.74 Å². The first kappa shape index (κ1) is 19.0. The fourth-order valence-electron chi connectivity index (χ4n) is 3.92. The van der Waals surface area contributed by atoms with Crippen molar-refractivity contribution in [1.29, 1.82) is 0 Å². The van der Waals surface area contributed by atoms with E-state index in [1.54, 1.807) is 36.3 Å². The summed E-state index contributed by atoms with van der Waals surface area (Å²) < 4.78 is 5.13. The molecule has 150 valence electrons. The summed E-state index contributed by atoms with van der Waals surface area (Å²) >= 11 is 0. The van der Waals surface area contributed by atoms with Crippen LogP contribution in [0, 0.1) is 0 Å². The second-order valence-corrected chi connectivity index (χ2v) is 7.22. The highest BCUT2D eigenvalue weighted by Crippen LogP contribution is 2.32. The lowest BCUT2D eigenvalue weighted by molar-refractivity contribution is -0.125. The summed E-state index contributed by atoms with van der Waals surface area (Å²) in [6, 6.07) is 13.9. The fraction of sp³-hybridized carbons (Fsp3) is 0.318. The van der Waals surface area contributed by atoms with Crippen LogP contribution < -0.4 is 15.0 Å². The molecule has 2 aliphatic rings. The van der Waals surface area contributed by atoms with Gasteiger partial charge in [0.1, 0.15) is 18.3 Å². The number of rotatable bonds is 5. The van der Waals surface area contributed by atoms with E-state index in [1.807, 2.05) is 24.3 Å². The van der Waals surface area contributed by atoms with E-state index in [0.717, 1.165) is 17.7 Å². The highest BCUT2D eigenvalue weighted by molar-refractivity contribution is 6.12. The van der Waals surface area contributed by atoms with Crippen molar-refractivity contribution in [2.75, 3.05) is 25.1 Å². The minimum atomic E-state index is -0.496. The molecule has 2 heterocycles. The predicted octanol–water partition coefficient (Wildman–Crippen LogP) is 1.96. The van der Waals surface area contributed by atoms with E-state index in [0.29, 0.717) is 30.8 Å². The molecule has 0 aliphatic carbocycles. The van der Waals surface area contributed by atoms with Crippen molar-refractivity contribution >= 4 is 23.4 Å². The summed E-state index contributed by atoms with van der Waals surface area (Å²) in [4.78, 5) is 41.8. The van der Waals surface area contributed by atoms with Gasteiger partial charge in [0.2, 0.25) is 11.8 Å². The quantitative estimate of drug-likeness (QED) is 0.842. The Bertz CT molecular complexity index is 941. The lowest BCUT2D eigenvalue weighted by Gasteiger charge is -2.25. The highest BCUT2D eigenvalue weighted by atomic mass is 16.5. The number of hydrogen-bond acceptors (Lipinski definition) is 4. The Balaban J connectivity index is 1.51. The lowest BCUT2D eigenvalue weighted by Crippen LogP contribution is -2.48. The van der Waals surface area contributed by atoms with Gasteiger partial charge < -0.3 is 19.9 Å². The molecular weight excluding hydrogens is 370 g/mol. The van der Waals surface area contributed by atoms with Crippen LogP contribution in [0.5, 0.6) is 5.75 Å². The number of benzene rings is 2. The van der Waals surface area contributed by atoms with Gasteiger partial charge in [-0.15, -0.1) is 0 Å². The molecule has 0 spiro atoms. The molecule has 1 atom stereocenters. The molecule has 1 unspecified atom stereocenters. The maximum absolute atomic E-state index is 13.2. The maximum atomic E-state index is 13.2. The van der Waals surface area contributed by atoms with Crippen molar-refractivity contribution in [3.05, 3.63) is 59.7 Å². The van der Waals surface area contributed by atoms with Crippen LogP contribution in [-0.4, -0.2) is 48.9 Å². The van der Waals surface area contributed by atoms with Crippen LogP contribution in [-0.2, 0) is 16.1 Å². The number of nitrogens with zero attached hydrogens (tertiary/aromatic N) is 2. The summed E-state index contributed by atoms with van der Waals surface area (Å²) in [5.41, 5.74) is 1.89. The Morgan fingerprint density at radius 1 is 1.14 bits per heavy atom. The first-order chi connectivity index (χ1) is 14.1. The zero-order valence-corrected chi connectivity index (χ0v) is 16.3. The van der Waals surface area contributed by atoms with Crippen molar-refractivity contribution < 1.29 is 19.1 Å². The average Bonchev–Trinajstić information content (AvgIpc) is 3.23. The molecule has 2 aromatic carbocycles. The molecule has 0 radical (unpaired) electrons. The summed E-state index contributed by atoms with van der Waals surface area (Å²) in [5.74, 6) is 0.137. The zero-order chi connectivity index (χ0) is 20.4. The fourth-order valence-corrected chi connectivity index (χ4v) is 3.92. The van der Waals surface area contributed by atoms with Gasteiger partial charge in [-0.25, -0.2) is 0 Å². The smallest absolute Gasteiger partial charge is 0.256 e. The van der Waals surface area contributed by atoms with Gasteiger partial charge in [0.05, 0.1) is 18.4 Å². The molecule has 0 saturated carbocycles. The van der Waals surface area contributed by atoms with Crippen LogP contribution in [0.25, 0.3) is 0 Å². The molecule has 7 nitrogen and oxygen atoms in total. The maximum Gasteiger partial charge on any atom is 0.256 e. The summed E-state index contributed by atoms with van der Waals surface area (Å²) in [6.07, 6.45) is 1.42. The number of carbonyl (C=O) groups excluding carboxylic acids is 3. The Kier molecular flexibility index (Phi) is 5.20. The van der Waals surface area contributed by atoms with Crippen LogP contribution in [0.1, 0.15) is 28.8 Å². The number of amides is 3. The third-order valence-corrected chi connectivity index (χ3v) is 5.44. The highest BCUT2D eigenvalue weighted by Gasteiger charge is 2.42. The lowest BCUT2D eigenvalue weighted by atomic mass is 10.1. The molecule has 2 aliphatic heterocycles. The predicted molar refractivity (Wildman–Crippen MR) is 108 cm³/mol. The topological polar surface area (TPSA) is 79.0 Å². The third kappa shape index (κ3) is 3.68. The Morgan fingerprint density at radius 2 is 1.90 bits per heavy atom. The van der Waals surface area contributed by atoms with E-state index in [2.05, 4.69) is 5.32 Å².